The number of nitrogens with two attached hydrogens (primary N) is 3. The zero-order valence-electron chi connectivity index (χ0n) is 11.1. The molecule has 110 valence electrons. The van der Waals surface area contributed by atoms with Gasteiger partial charge in [0.25, 0.3) is 0 Å². The van der Waals surface area contributed by atoms with Gasteiger partial charge in [-0.3, -0.25) is 13.3 Å². The Hall–Kier alpha value is -0.740. The average molecular weight is 284 g/mol. The summed E-state index contributed by atoms with van der Waals surface area (Å²) >= 11 is 0. The van der Waals surface area contributed by atoms with Crippen molar-refractivity contribution >= 4 is 16.4 Å². The van der Waals surface area contributed by atoms with Gasteiger partial charge < -0.3 is 9.11 Å². The molecule has 0 saturated carbocycles. The van der Waals surface area contributed by atoms with Crippen LogP contribution in [-0.4, -0.2) is 54.1 Å². The van der Waals surface area contributed by atoms with Crippen molar-refractivity contribution in [3.05, 3.63) is 0 Å². The summed E-state index contributed by atoms with van der Waals surface area (Å²) < 4.78 is 34.1. The highest BCUT2D eigenvalue weighted by Gasteiger charge is 2.09. The van der Waals surface area contributed by atoms with Crippen LogP contribution in [0.1, 0.15) is 27.2 Å². The summed E-state index contributed by atoms with van der Waals surface area (Å²) in [6.07, 6.45) is 1.19. The summed E-state index contributed by atoms with van der Waals surface area (Å²) in [7, 11) is -5.17. The van der Waals surface area contributed by atoms with Gasteiger partial charge >= 0.3 is 5.96 Å². The van der Waals surface area contributed by atoms with E-state index in [1.807, 2.05) is 5.32 Å². The van der Waals surface area contributed by atoms with Crippen molar-refractivity contribution in [3.63, 3.8) is 0 Å². The van der Waals surface area contributed by atoms with Crippen LogP contribution in [0, 0.1) is 0 Å². The van der Waals surface area contributed by atoms with E-state index in [-0.39, 0.29) is 0 Å². The highest BCUT2D eigenvalue weighted by atomic mass is 32.3. The van der Waals surface area contributed by atoms with Crippen LogP contribution in [0.15, 0.2) is 0 Å². The monoisotopic (exact) mass is 284 g/mol. The van der Waals surface area contributed by atoms with Crippen LogP contribution in [0.25, 0.3) is 0 Å². The van der Waals surface area contributed by atoms with E-state index in [0.717, 1.165) is 19.6 Å². The molecule has 0 spiro atoms. The Labute approximate surface area is 109 Å². The van der Waals surface area contributed by atoms with E-state index in [1.54, 1.807) is 0 Å². The van der Waals surface area contributed by atoms with Gasteiger partial charge in [-0.1, -0.05) is 6.92 Å². The lowest BCUT2D eigenvalue weighted by Crippen LogP contribution is -2.97. The standard InChI is InChI=1S/C9H22N4.H2O4S/c1-4-6-13(8(2)3)7-5-12-9(10)11;1-5(2,3)4/h8H,4-7H2,1-3H3,(H4,10,11,12);(H2,1,2,3,4). The molecule has 0 unspecified atom stereocenters. The van der Waals surface area contributed by atoms with Crippen LogP contribution in [0.4, 0.5) is 0 Å². The summed E-state index contributed by atoms with van der Waals surface area (Å²) in [6.45, 7) is 9.76. The van der Waals surface area contributed by atoms with Crippen LogP contribution >= 0.6 is 0 Å². The van der Waals surface area contributed by atoms with Crippen LogP contribution in [-0.2, 0) is 10.4 Å². The molecule has 0 bridgehead atoms. The minimum atomic E-state index is -5.17. The first-order valence-electron chi connectivity index (χ1n) is 5.69. The Balaban J connectivity index is 0. The second kappa shape index (κ2) is 10.2. The van der Waals surface area contributed by atoms with Gasteiger partial charge in [-0.15, -0.1) is 0 Å². The molecule has 8 nitrogen and oxygen atoms in total. The van der Waals surface area contributed by atoms with E-state index in [2.05, 4.69) is 25.7 Å². The van der Waals surface area contributed by atoms with Crippen molar-refractivity contribution in [3.8, 4) is 0 Å². The van der Waals surface area contributed by atoms with Crippen molar-refractivity contribution in [2.45, 2.75) is 33.2 Å². The second-order valence-corrected chi connectivity index (χ2v) is 4.85. The number of rotatable bonds is 6. The fourth-order valence-corrected chi connectivity index (χ4v) is 1.31. The fourth-order valence-electron chi connectivity index (χ4n) is 1.31. The molecule has 9 heteroatoms. The molecule has 0 aromatic carbocycles. The van der Waals surface area contributed by atoms with Crippen molar-refractivity contribution in [1.82, 2.24) is 4.90 Å². The van der Waals surface area contributed by atoms with Crippen LogP contribution in [0.3, 0.4) is 0 Å². The minimum Gasteiger partial charge on any atom is -0.759 e. The molecule has 0 aromatic heterocycles. The van der Waals surface area contributed by atoms with Crippen LogP contribution in [0.5, 0.6) is 0 Å². The van der Waals surface area contributed by atoms with E-state index in [4.69, 9.17) is 28.7 Å². The van der Waals surface area contributed by atoms with E-state index in [9.17, 15) is 0 Å². The molecule has 0 amide bonds. The highest BCUT2D eigenvalue weighted by Crippen LogP contribution is 1.97. The van der Waals surface area contributed by atoms with Gasteiger partial charge in [-0.2, -0.15) is 0 Å². The molecule has 0 aliphatic heterocycles. The molecular weight excluding hydrogens is 260 g/mol. The van der Waals surface area contributed by atoms with E-state index >= 15 is 0 Å². The molecule has 0 aliphatic carbocycles. The number of quaternary nitrogens is 1. The smallest absolute Gasteiger partial charge is 0.434 e. The molecule has 0 aromatic rings. The topological polar surface area (TPSA) is 152 Å². The van der Waals surface area contributed by atoms with Crippen LogP contribution < -0.4 is 16.5 Å². The number of nitrogens with zero attached hydrogens (tertiary/aromatic N) is 1. The van der Waals surface area contributed by atoms with E-state index in [1.165, 1.54) is 6.42 Å². The maximum absolute atomic E-state index is 8.52. The molecule has 0 aliphatic rings. The predicted octanol–water partition coefficient (Wildman–Crippen LogP) is -3.59. The predicted molar refractivity (Wildman–Crippen MR) is 65.4 cm³/mol. The van der Waals surface area contributed by atoms with Crippen LogP contribution in [0.2, 0.25) is 0 Å². The highest BCUT2D eigenvalue weighted by molar-refractivity contribution is 7.79. The largest absolute Gasteiger partial charge is 0.759 e. The van der Waals surface area contributed by atoms with Gasteiger partial charge in [0.05, 0.1) is 6.54 Å². The van der Waals surface area contributed by atoms with Gasteiger partial charge in [-0.05, 0) is 26.8 Å². The quantitative estimate of drug-likeness (QED) is 0.198. The lowest BCUT2D eigenvalue weighted by molar-refractivity contribution is -0.568. The normalized spacial score (nSPS) is 11.3. The minimum absolute atomic E-state index is 0.431. The number of hydrogen-bond acceptors (Lipinski definition) is 5. The SMILES string of the molecule is CCCN(CC[NH2+]C(N)=[NH2+])C(C)C.O=S(=O)([O-])[O-]. The Kier molecular flexibility index (Phi) is 11.1. The first kappa shape index (κ1) is 19.6. The van der Waals surface area contributed by atoms with Gasteiger partial charge in [0, 0.05) is 23.0 Å². The molecular formula is C9H24N4O4S. The summed E-state index contributed by atoms with van der Waals surface area (Å²) in [6, 6.07) is 0.604. The summed E-state index contributed by atoms with van der Waals surface area (Å²) in [4.78, 5) is 2.43. The number of guanidine groups is 1. The Morgan fingerprint density at radius 2 is 1.83 bits per heavy atom. The molecule has 6 N–H and O–H groups in total. The van der Waals surface area contributed by atoms with Crippen molar-refractivity contribution < 1.29 is 28.2 Å². The third-order valence-electron chi connectivity index (χ3n) is 2.04. The lowest BCUT2D eigenvalue weighted by Gasteiger charge is -2.24. The first-order chi connectivity index (χ1) is 8.07. The molecule has 0 radical (unpaired) electrons. The Bertz CT molecular complexity index is 311. The van der Waals surface area contributed by atoms with Gasteiger partial charge in [0.1, 0.15) is 0 Å². The average Bonchev–Trinajstić information content (AvgIpc) is 2.13. The molecule has 18 heavy (non-hydrogen) atoms. The molecule has 0 rings (SSSR count). The zero-order valence-corrected chi connectivity index (χ0v) is 11.9. The van der Waals surface area contributed by atoms with E-state index in [0.29, 0.717) is 12.0 Å². The lowest BCUT2D eigenvalue weighted by atomic mass is 10.3. The molecule has 0 saturated heterocycles. The summed E-state index contributed by atoms with van der Waals surface area (Å²) in [5, 5.41) is 7.23. The third kappa shape index (κ3) is 20.6. The van der Waals surface area contributed by atoms with Crippen molar-refractivity contribution in [1.29, 1.82) is 0 Å². The van der Waals surface area contributed by atoms with E-state index < -0.39 is 10.4 Å². The van der Waals surface area contributed by atoms with Gasteiger partial charge in [-0.25, -0.2) is 16.5 Å². The summed E-state index contributed by atoms with van der Waals surface area (Å²) in [5.74, 6) is 0.431. The maximum atomic E-state index is 8.52. The molecule has 0 heterocycles. The maximum Gasteiger partial charge on any atom is 0.434 e. The fraction of sp³-hybridized carbons (Fsp3) is 0.889. The van der Waals surface area contributed by atoms with Crippen molar-refractivity contribution in [2.75, 3.05) is 19.6 Å². The second-order valence-electron chi connectivity index (χ2n) is 4.03. The Morgan fingerprint density at radius 3 is 2.11 bits per heavy atom. The van der Waals surface area contributed by atoms with Crippen molar-refractivity contribution in [2.24, 2.45) is 5.73 Å². The zero-order chi connectivity index (χ0) is 14.8. The van der Waals surface area contributed by atoms with Gasteiger partial charge in [0.15, 0.2) is 0 Å². The Morgan fingerprint density at radius 1 is 1.39 bits per heavy atom. The summed E-state index contributed by atoms with van der Waals surface area (Å²) in [5.41, 5.74) is 5.35. The molecule has 0 fully saturated rings. The number of hydrogen-bond donors (Lipinski definition) is 3. The first-order valence-corrected chi connectivity index (χ1v) is 7.03. The third-order valence-corrected chi connectivity index (χ3v) is 2.04. The van der Waals surface area contributed by atoms with Gasteiger partial charge in [0.2, 0.25) is 0 Å². The molecule has 0 atom stereocenters.